The highest BCUT2D eigenvalue weighted by Crippen LogP contribution is 2.27. The molecular weight excluding hydrogens is 451 g/mol. The minimum atomic E-state index is -0.463. The average molecular weight is 468 g/mol. The Labute approximate surface area is 187 Å². The smallest absolute Gasteiger partial charge is 0.276 e. The van der Waals surface area contributed by atoms with Crippen molar-refractivity contribution in [3.8, 4) is 5.75 Å². The van der Waals surface area contributed by atoms with Crippen LogP contribution in [-0.2, 0) is 11.3 Å². The van der Waals surface area contributed by atoms with E-state index in [1.807, 2.05) is 12.1 Å². The van der Waals surface area contributed by atoms with E-state index in [0.717, 1.165) is 5.56 Å². The molecule has 11 heteroatoms. The van der Waals surface area contributed by atoms with E-state index in [-0.39, 0.29) is 18.1 Å². The predicted molar refractivity (Wildman–Crippen MR) is 119 cm³/mol. The summed E-state index contributed by atoms with van der Waals surface area (Å²) in [4.78, 5) is 20.2. The Morgan fingerprint density at radius 2 is 1.70 bits per heavy atom. The summed E-state index contributed by atoms with van der Waals surface area (Å²) in [6, 6.07) is 12.1. The van der Waals surface area contributed by atoms with Crippen LogP contribution in [0.1, 0.15) is 5.56 Å². The second-order valence-electron chi connectivity index (χ2n) is 6.00. The van der Waals surface area contributed by atoms with E-state index >= 15 is 0 Å². The summed E-state index contributed by atoms with van der Waals surface area (Å²) < 4.78 is 5.36. The molecule has 3 aromatic rings. The van der Waals surface area contributed by atoms with Crippen LogP contribution in [0.25, 0.3) is 0 Å². The van der Waals surface area contributed by atoms with Gasteiger partial charge in [0.1, 0.15) is 17.8 Å². The molecule has 0 fully saturated rings. The number of benzene rings is 2. The lowest BCUT2D eigenvalue weighted by Crippen LogP contribution is -2.34. The number of nitrogens with two attached hydrogens (primary N) is 1. The van der Waals surface area contributed by atoms with Crippen molar-refractivity contribution in [1.82, 2.24) is 15.4 Å². The zero-order valence-electron chi connectivity index (χ0n) is 15.5. The Morgan fingerprint density at radius 1 is 1.00 bits per heavy atom. The maximum atomic E-state index is 12.0. The van der Waals surface area contributed by atoms with Gasteiger partial charge in [0, 0.05) is 16.6 Å². The molecule has 0 atom stereocenters. The first-order chi connectivity index (χ1) is 14.4. The van der Waals surface area contributed by atoms with Crippen molar-refractivity contribution in [3.05, 3.63) is 69.4 Å². The second-order valence-corrected chi connectivity index (χ2v) is 7.28. The third-order valence-corrected chi connectivity index (χ3v) is 4.61. The molecule has 0 unspecified atom stereocenters. The molecule has 1 amide bonds. The highest BCUT2D eigenvalue weighted by Gasteiger charge is 2.10. The van der Waals surface area contributed by atoms with Gasteiger partial charge in [0.2, 0.25) is 0 Å². The van der Waals surface area contributed by atoms with E-state index in [2.05, 4.69) is 26.1 Å². The van der Waals surface area contributed by atoms with Crippen molar-refractivity contribution in [1.29, 1.82) is 0 Å². The molecule has 30 heavy (non-hydrogen) atoms. The summed E-state index contributed by atoms with van der Waals surface area (Å²) >= 11 is 17.7. The number of ether oxygens (including phenoxy) is 1. The number of halogens is 3. The zero-order chi connectivity index (χ0) is 21.5. The molecule has 0 spiro atoms. The van der Waals surface area contributed by atoms with Crippen molar-refractivity contribution < 1.29 is 9.53 Å². The Bertz CT molecular complexity index is 1030. The van der Waals surface area contributed by atoms with Gasteiger partial charge in [0.05, 0.1) is 5.02 Å². The van der Waals surface area contributed by atoms with Crippen LogP contribution in [0.2, 0.25) is 15.1 Å². The molecule has 2 aromatic carbocycles. The van der Waals surface area contributed by atoms with Crippen LogP contribution in [0.3, 0.4) is 0 Å². The number of hydrogen-bond donors (Lipinski definition) is 4. The van der Waals surface area contributed by atoms with Gasteiger partial charge in [-0.25, -0.2) is 9.97 Å². The molecule has 1 heterocycles. The molecule has 0 saturated heterocycles. The van der Waals surface area contributed by atoms with Crippen molar-refractivity contribution in [2.24, 2.45) is 0 Å². The van der Waals surface area contributed by atoms with Gasteiger partial charge < -0.3 is 15.8 Å². The van der Waals surface area contributed by atoms with Crippen molar-refractivity contribution in [2.45, 2.75) is 6.54 Å². The number of nitrogen functional groups attached to an aromatic ring is 1. The Morgan fingerprint density at radius 3 is 2.43 bits per heavy atom. The number of hydrazine groups is 1. The van der Waals surface area contributed by atoms with Crippen LogP contribution in [0.15, 0.2) is 48.8 Å². The summed E-state index contributed by atoms with van der Waals surface area (Å²) in [5.41, 5.74) is 12.4. The Kier molecular flexibility index (Phi) is 7.40. The fraction of sp³-hybridized carbons (Fsp3) is 0.105. The number of anilines is 3. The minimum Gasteiger partial charge on any atom is -0.482 e. The quantitative estimate of drug-likeness (QED) is 0.368. The third kappa shape index (κ3) is 6.03. The van der Waals surface area contributed by atoms with Crippen LogP contribution in [0.4, 0.5) is 17.3 Å². The SMILES string of the molecule is Nc1c(NCc2ccc(Cl)cc2)ncnc1NNC(=O)COc1ccc(Cl)cc1Cl. The number of nitrogens with one attached hydrogen (secondary N) is 3. The summed E-state index contributed by atoms with van der Waals surface area (Å²) in [5.74, 6) is 0.531. The van der Waals surface area contributed by atoms with Gasteiger partial charge in [-0.3, -0.25) is 15.6 Å². The molecule has 0 aliphatic heterocycles. The third-order valence-electron chi connectivity index (χ3n) is 3.83. The van der Waals surface area contributed by atoms with Crippen molar-refractivity contribution in [3.63, 3.8) is 0 Å². The lowest BCUT2D eigenvalue weighted by Gasteiger charge is -2.13. The fourth-order valence-corrected chi connectivity index (χ4v) is 2.91. The van der Waals surface area contributed by atoms with Gasteiger partial charge >= 0.3 is 0 Å². The lowest BCUT2D eigenvalue weighted by atomic mass is 10.2. The number of carbonyl (C=O) groups excluding carboxylic acids is 1. The fourth-order valence-electron chi connectivity index (χ4n) is 2.32. The Balaban J connectivity index is 1.52. The van der Waals surface area contributed by atoms with Gasteiger partial charge in [-0.2, -0.15) is 0 Å². The number of rotatable bonds is 8. The van der Waals surface area contributed by atoms with Crippen LogP contribution in [-0.4, -0.2) is 22.5 Å². The van der Waals surface area contributed by atoms with E-state index in [4.69, 9.17) is 45.3 Å². The highest BCUT2D eigenvalue weighted by molar-refractivity contribution is 6.35. The molecule has 8 nitrogen and oxygen atoms in total. The highest BCUT2D eigenvalue weighted by atomic mass is 35.5. The maximum Gasteiger partial charge on any atom is 0.276 e. The van der Waals surface area contributed by atoms with Gasteiger partial charge in [-0.1, -0.05) is 46.9 Å². The van der Waals surface area contributed by atoms with Crippen LogP contribution >= 0.6 is 34.8 Å². The van der Waals surface area contributed by atoms with Crippen molar-refractivity contribution >= 4 is 58.0 Å². The van der Waals surface area contributed by atoms with Gasteiger partial charge in [0.15, 0.2) is 18.2 Å². The van der Waals surface area contributed by atoms with Crippen LogP contribution < -0.4 is 26.6 Å². The molecular formula is C19H17Cl3N6O2. The topological polar surface area (TPSA) is 114 Å². The summed E-state index contributed by atoms with van der Waals surface area (Å²) in [6.07, 6.45) is 1.32. The molecule has 1 aromatic heterocycles. The van der Waals surface area contributed by atoms with Crippen LogP contribution in [0, 0.1) is 0 Å². The number of aromatic nitrogens is 2. The number of amides is 1. The van der Waals surface area contributed by atoms with Gasteiger partial charge in [0.25, 0.3) is 5.91 Å². The maximum absolute atomic E-state index is 12.0. The summed E-state index contributed by atoms with van der Waals surface area (Å²) in [5, 5.41) is 4.55. The molecule has 0 bridgehead atoms. The first-order valence-corrected chi connectivity index (χ1v) is 9.77. The number of carbonyl (C=O) groups is 1. The second kappa shape index (κ2) is 10.2. The molecule has 0 radical (unpaired) electrons. The molecule has 0 aliphatic carbocycles. The van der Waals surface area contributed by atoms with E-state index in [9.17, 15) is 4.79 Å². The summed E-state index contributed by atoms with van der Waals surface area (Å²) in [6.45, 7) is 0.209. The average Bonchev–Trinajstić information content (AvgIpc) is 2.72. The van der Waals surface area contributed by atoms with E-state index in [1.165, 1.54) is 12.4 Å². The largest absolute Gasteiger partial charge is 0.482 e. The Hall–Kier alpha value is -2.94. The van der Waals surface area contributed by atoms with Gasteiger partial charge in [-0.05, 0) is 35.9 Å². The summed E-state index contributed by atoms with van der Waals surface area (Å²) in [7, 11) is 0. The van der Waals surface area contributed by atoms with E-state index < -0.39 is 5.91 Å². The molecule has 5 N–H and O–H groups in total. The zero-order valence-corrected chi connectivity index (χ0v) is 17.7. The number of nitrogens with zero attached hydrogens (tertiary/aromatic N) is 2. The van der Waals surface area contributed by atoms with Crippen LogP contribution in [0.5, 0.6) is 5.75 Å². The molecule has 0 aliphatic rings. The lowest BCUT2D eigenvalue weighted by molar-refractivity contribution is -0.122. The van der Waals surface area contributed by atoms with E-state index in [1.54, 1.807) is 24.3 Å². The monoisotopic (exact) mass is 466 g/mol. The number of hydrogen-bond acceptors (Lipinski definition) is 7. The molecule has 156 valence electrons. The molecule has 3 rings (SSSR count). The first kappa shape index (κ1) is 21.8. The normalized spacial score (nSPS) is 10.4. The predicted octanol–water partition coefficient (Wildman–Crippen LogP) is 4.15. The standard InChI is InChI=1S/C19H17Cl3N6O2/c20-12-3-1-11(2-4-12)8-24-18-17(23)19(26-10-25-18)28-27-16(29)9-30-15-6-5-13(21)7-14(15)22/h1-7,10H,8-9,23H2,(H,27,29)(H2,24,25,26,28). The molecule has 0 saturated carbocycles. The van der Waals surface area contributed by atoms with Gasteiger partial charge in [-0.15, -0.1) is 0 Å². The first-order valence-electron chi connectivity index (χ1n) is 8.64. The minimum absolute atomic E-state index is 0.237. The van der Waals surface area contributed by atoms with Crippen molar-refractivity contribution in [2.75, 3.05) is 23.1 Å². The van der Waals surface area contributed by atoms with E-state index in [0.29, 0.717) is 33.2 Å².